The minimum atomic E-state index is -4.78. The molecule has 0 spiro atoms. The SMILES string of the molecule is CC(C)n1cc(-c2ccc(OC(F)(F)F)cc2O)cn1. The Morgan fingerprint density at radius 1 is 1.30 bits per heavy atom. The van der Waals surface area contributed by atoms with Crippen LogP contribution in [0, 0.1) is 0 Å². The maximum Gasteiger partial charge on any atom is 0.573 e. The minimum Gasteiger partial charge on any atom is -0.507 e. The number of hydrogen-bond acceptors (Lipinski definition) is 3. The standard InChI is InChI=1S/C13H13F3N2O2/c1-8(2)18-7-9(6-17-18)11-4-3-10(5-12(11)19)20-13(14,15)16/h3-8,19H,1-2H3. The topological polar surface area (TPSA) is 47.3 Å². The maximum atomic E-state index is 12.1. The molecule has 0 fully saturated rings. The summed E-state index contributed by atoms with van der Waals surface area (Å²) >= 11 is 0. The van der Waals surface area contributed by atoms with Crippen molar-refractivity contribution in [3.8, 4) is 22.6 Å². The van der Waals surface area contributed by atoms with Crippen LogP contribution in [0.25, 0.3) is 11.1 Å². The molecular formula is C13H13F3N2O2. The number of aromatic nitrogens is 2. The second-order valence-electron chi connectivity index (χ2n) is 4.53. The normalized spacial score (nSPS) is 11.9. The summed E-state index contributed by atoms with van der Waals surface area (Å²) in [4.78, 5) is 0. The summed E-state index contributed by atoms with van der Waals surface area (Å²) in [7, 11) is 0. The molecular weight excluding hydrogens is 273 g/mol. The van der Waals surface area contributed by atoms with E-state index in [2.05, 4.69) is 9.84 Å². The molecule has 7 heteroatoms. The van der Waals surface area contributed by atoms with Gasteiger partial charge >= 0.3 is 6.36 Å². The summed E-state index contributed by atoms with van der Waals surface area (Å²) in [6.45, 7) is 3.88. The quantitative estimate of drug-likeness (QED) is 0.935. The Labute approximate surface area is 113 Å². The average Bonchev–Trinajstić information content (AvgIpc) is 2.76. The van der Waals surface area contributed by atoms with Crippen molar-refractivity contribution < 1.29 is 23.0 Å². The van der Waals surface area contributed by atoms with Gasteiger partial charge < -0.3 is 9.84 Å². The summed E-state index contributed by atoms with van der Waals surface area (Å²) in [5, 5.41) is 13.9. The number of alkyl halides is 3. The van der Waals surface area contributed by atoms with Gasteiger partial charge in [-0.1, -0.05) is 0 Å². The summed E-state index contributed by atoms with van der Waals surface area (Å²) in [6, 6.07) is 3.59. The van der Waals surface area contributed by atoms with Crippen molar-refractivity contribution in [3.05, 3.63) is 30.6 Å². The zero-order valence-electron chi connectivity index (χ0n) is 10.8. The van der Waals surface area contributed by atoms with Crippen molar-refractivity contribution in [3.63, 3.8) is 0 Å². The smallest absolute Gasteiger partial charge is 0.507 e. The molecule has 1 aromatic heterocycles. The molecule has 1 heterocycles. The Morgan fingerprint density at radius 3 is 2.50 bits per heavy atom. The van der Waals surface area contributed by atoms with Crippen LogP contribution in [0.5, 0.6) is 11.5 Å². The van der Waals surface area contributed by atoms with Gasteiger partial charge in [0, 0.05) is 29.4 Å². The molecule has 0 unspecified atom stereocenters. The molecule has 0 radical (unpaired) electrons. The van der Waals surface area contributed by atoms with Crippen molar-refractivity contribution in [2.75, 3.05) is 0 Å². The van der Waals surface area contributed by atoms with Crippen LogP contribution in [0.1, 0.15) is 19.9 Å². The molecule has 0 amide bonds. The number of rotatable bonds is 3. The number of halogens is 3. The van der Waals surface area contributed by atoms with Crippen LogP contribution in [0.2, 0.25) is 0 Å². The molecule has 0 saturated carbocycles. The molecule has 0 aliphatic heterocycles. The number of ether oxygens (including phenoxy) is 1. The highest BCUT2D eigenvalue weighted by Gasteiger charge is 2.31. The number of aromatic hydroxyl groups is 1. The molecule has 0 bridgehead atoms. The average molecular weight is 286 g/mol. The summed E-state index contributed by atoms with van der Waals surface area (Å²) in [5.41, 5.74) is 1.01. The number of phenols is 1. The van der Waals surface area contributed by atoms with Gasteiger partial charge in [-0.3, -0.25) is 4.68 Å². The predicted octanol–water partition coefficient (Wildman–Crippen LogP) is 3.74. The number of phenolic OH excluding ortho intramolecular Hbond substituents is 1. The highest BCUT2D eigenvalue weighted by molar-refractivity contribution is 5.70. The molecule has 0 saturated heterocycles. The van der Waals surface area contributed by atoms with Crippen LogP contribution < -0.4 is 4.74 Å². The van der Waals surface area contributed by atoms with E-state index in [1.54, 1.807) is 17.1 Å². The van der Waals surface area contributed by atoms with Gasteiger partial charge in [-0.15, -0.1) is 13.2 Å². The molecule has 0 atom stereocenters. The van der Waals surface area contributed by atoms with Crippen LogP contribution in [0.3, 0.4) is 0 Å². The summed E-state index contributed by atoms with van der Waals surface area (Å²) < 4.78 is 41.6. The second-order valence-corrected chi connectivity index (χ2v) is 4.53. The van der Waals surface area contributed by atoms with Gasteiger partial charge in [-0.2, -0.15) is 5.10 Å². The van der Waals surface area contributed by atoms with E-state index in [1.165, 1.54) is 6.07 Å². The minimum absolute atomic E-state index is 0.152. The van der Waals surface area contributed by atoms with Crippen LogP contribution in [-0.2, 0) is 0 Å². The van der Waals surface area contributed by atoms with E-state index in [-0.39, 0.29) is 11.8 Å². The Hall–Kier alpha value is -2.18. The number of hydrogen-bond donors (Lipinski definition) is 1. The molecule has 4 nitrogen and oxygen atoms in total. The lowest BCUT2D eigenvalue weighted by molar-refractivity contribution is -0.274. The zero-order valence-corrected chi connectivity index (χ0v) is 10.8. The van der Waals surface area contributed by atoms with Gasteiger partial charge in [-0.05, 0) is 26.0 Å². The van der Waals surface area contributed by atoms with Crippen LogP contribution in [0.15, 0.2) is 30.6 Å². The van der Waals surface area contributed by atoms with Gasteiger partial charge in [0.05, 0.1) is 6.20 Å². The lowest BCUT2D eigenvalue weighted by Gasteiger charge is -2.10. The predicted molar refractivity (Wildman–Crippen MR) is 66.4 cm³/mol. The van der Waals surface area contributed by atoms with E-state index in [9.17, 15) is 18.3 Å². The lowest BCUT2D eigenvalue weighted by atomic mass is 10.1. The van der Waals surface area contributed by atoms with Crippen LogP contribution in [0.4, 0.5) is 13.2 Å². The highest BCUT2D eigenvalue weighted by atomic mass is 19.4. The molecule has 1 aromatic carbocycles. The van der Waals surface area contributed by atoms with Gasteiger partial charge in [0.15, 0.2) is 0 Å². The monoisotopic (exact) mass is 286 g/mol. The molecule has 20 heavy (non-hydrogen) atoms. The Bertz CT molecular complexity index is 606. The van der Waals surface area contributed by atoms with Gasteiger partial charge in [0.25, 0.3) is 0 Å². The first kappa shape index (κ1) is 14.2. The maximum absolute atomic E-state index is 12.1. The second kappa shape index (κ2) is 5.07. The first-order chi connectivity index (χ1) is 9.26. The fourth-order valence-corrected chi connectivity index (χ4v) is 1.71. The zero-order chi connectivity index (χ0) is 14.9. The molecule has 0 aliphatic rings. The van der Waals surface area contributed by atoms with Gasteiger partial charge in [-0.25, -0.2) is 0 Å². The first-order valence-corrected chi connectivity index (χ1v) is 5.89. The molecule has 0 aliphatic carbocycles. The highest BCUT2D eigenvalue weighted by Crippen LogP contribution is 2.34. The Morgan fingerprint density at radius 2 is 2.00 bits per heavy atom. The van der Waals surface area contributed by atoms with E-state index in [0.29, 0.717) is 11.1 Å². The fraction of sp³-hybridized carbons (Fsp3) is 0.308. The van der Waals surface area contributed by atoms with Gasteiger partial charge in [0.1, 0.15) is 11.5 Å². The van der Waals surface area contributed by atoms with E-state index in [0.717, 1.165) is 12.1 Å². The Balaban J connectivity index is 2.29. The van der Waals surface area contributed by atoms with E-state index in [4.69, 9.17) is 0 Å². The van der Waals surface area contributed by atoms with Crippen LogP contribution in [-0.4, -0.2) is 21.2 Å². The van der Waals surface area contributed by atoms with Crippen molar-refractivity contribution in [2.45, 2.75) is 26.3 Å². The molecule has 2 aromatic rings. The van der Waals surface area contributed by atoms with Crippen LogP contribution >= 0.6 is 0 Å². The van der Waals surface area contributed by atoms with E-state index >= 15 is 0 Å². The van der Waals surface area contributed by atoms with E-state index in [1.807, 2.05) is 13.8 Å². The Kier molecular flexibility index (Phi) is 3.61. The first-order valence-electron chi connectivity index (χ1n) is 5.89. The third-order valence-corrected chi connectivity index (χ3v) is 2.64. The van der Waals surface area contributed by atoms with Crippen molar-refractivity contribution in [1.29, 1.82) is 0 Å². The summed E-state index contributed by atoms with van der Waals surface area (Å²) in [6.07, 6.45) is -1.53. The molecule has 1 N–H and O–H groups in total. The van der Waals surface area contributed by atoms with E-state index < -0.39 is 12.1 Å². The molecule has 2 rings (SSSR count). The molecule has 108 valence electrons. The van der Waals surface area contributed by atoms with Crippen molar-refractivity contribution in [2.24, 2.45) is 0 Å². The largest absolute Gasteiger partial charge is 0.573 e. The third kappa shape index (κ3) is 3.23. The van der Waals surface area contributed by atoms with Crippen molar-refractivity contribution >= 4 is 0 Å². The third-order valence-electron chi connectivity index (χ3n) is 2.64. The van der Waals surface area contributed by atoms with Gasteiger partial charge in [0.2, 0.25) is 0 Å². The number of nitrogens with zero attached hydrogens (tertiary/aromatic N) is 2. The number of benzene rings is 1. The van der Waals surface area contributed by atoms with Crippen molar-refractivity contribution in [1.82, 2.24) is 9.78 Å². The fourth-order valence-electron chi connectivity index (χ4n) is 1.71. The lowest BCUT2D eigenvalue weighted by Crippen LogP contribution is -2.16. The summed E-state index contributed by atoms with van der Waals surface area (Å²) in [5.74, 6) is -0.759.